The highest BCUT2D eigenvalue weighted by Crippen LogP contribution is 2.43. The highest BCUT2D eigenvalue weighted by molar-refractivity contribution is 7.19. The fourth-order valence-electron chi connectivity index (χ4n) is 2.01. The van der Waals surface area contributed by atoms with Crippen LogP contribution >= 0.6 is 11.3 Å². The lowest BCUT2D eigenvalue weighted by Gasteiger charge is -2.13. The Hall–Kier alpha value is -1.67. The highest BCUT2D eigenvalue weighted by Gasteiger charge is 2.34. The lowest BCUT2D eigenvalue weighted by Crippen LogP contribution is -2.09. The molecule has 0 aromatic carbocycles. The number of nitrogens with zero attached hydrogens (tertiary/aromatic N) is 2. The fourth-order valence-corrected chi connectivity index (χ4v) is 3.16. The van der Waals surface area contributed by atoms with E-state index in [4.69, 9.17) is 0 Å². The van der Waals surface area contributed by atoms with Crippen LogP contribution in [0.3, 0.4) is 0 Å². The largest absolute Gasteiger partial charge is 0.433 e. The second-order valence-electron chi connectivity index (χ2n) is 4.14. The molecular weight excluding hydrogens is 279 g/mol. The van der Waals surface area contributed by atoms with Crippen LogP contribution in [0, 0.1) is 6.92 Å². The van der Waals surface area contributed by atoms with Crippen LogP contribution in [-0.4, -0.2) is 16.4 Å². The number of aliphatic imine (C=N–C) groups is 1. The minimum absolute atomic E-state index is 0.245. The number of hydrogen-bond acceptors (Lipinski definition) is 5. The van der Waals surface area contributed by atoms with Crippen molar-refractivity contribution in [3.8, 4) is 0 Å². The van der Waals surface area contributed by atoms with E-state index in [1.165, 1.54) is 6.34 Å². The van der Waals surface area contributed by atoms with E-state index in [0.717, 1.165) is 17.4 Å². The zero-order chi connectivity index (χ0) is 13.8. The Bertz CT molecular complexity index is 693. The van der Waals surface area contributed by atoms with Crippen LogP contribution in [0.25, 0.3) is 10.2 Å². The van der Waals surface area contributed by atoms with Gasteiger partial charge in [0, 0.05) is 5.39 Å². The molecule has 0 amide bonds. The summed E-state index contributed by atoms with van der Waals surface area (Å²) < 4.78 is 38.1. The van der Waals surface area contributed by atoms with Crippen molar-refractivity contribution in [1.82, 2.24) is 4.98 Å². The molecule has 0 fully saturated rings. The van der Waals surface area contributed by atoms with Crippen molar-refractivity contribution in [3.63, 3.8) is 0 Å². The van der Waals surface area contributed by atoms with Crippen molar-refractivity contribution >= 4 is 33.6 Å². The van der Waals surface area contributed by atoms with Gasteiger partial charge in [-0.25, -0.2) is 9.98 Å². The first-order chi connectivity index (χ1) is 8.88. The summed E-state index contributed by atoms with van der Waals surface area (Å²) in [5.41, 5.74) is 0.123. The van der Waals surface area contributed by atoms with E-state index in [2.05, 4.69) is 15.3 Å². The Balaban J connectivity index is 2.29. The Labute approximate surface area is 109 Å². The molecule has 2 aromatic rings. The molecule has 0 saturated heterocycles. The van der Waals surface area contributed by atoms with E-state index in [0.29, 0.717) is 21.5 Å². The Morgan fingerprint density at radius 1 is 1.42 bits per heavy atom. The molecule has 2 N–H and O–H groups in total. The number of fused-ring (bicyclic) bond motifs is 3. The molecule has 0 radical (unpaired) electrons. The molecule has 2 aromatic heterocycles. The highest BCUT2D eigenvalue weighted by atomic mass is 32.1. The van der Waals surface area contributed by atoms with E-state index in [-0.39, 0.29) is 4.83 Å². The summed E-state index contributed by atoms with van der Waals surface area (Å²) >= 11 is 1.01. The fraction of sp³-hybridized carbons (Fsp3) is 0.273. The number of rotatable bonds is 0. The molecular formula is C11H8F3N3OS. The number of aromatic nitrogens is 1. The van der Waals surface area contributed by atoms with Gasteiger partial charge < -0.3 is 10.4 Å². The number of hydrogen-bond donors (Lipinski definition) is 2. The van der Waals surface area contributed by atoms with Crippen molar-refractivity contribution in [1.29, 1.82) is 0 Å². The average molecular weight is 287 g/mol. The van der Waals surface area contributed by atoms with Gasteiger partial charge in [-0.15, -0.1) is 11.3 Å². The number of aryl methyl sites for hydroxylation is 1. The van der Waals surface area contributed by atoms with Gasteiger partial charge in [-0.2, -0.15) is 13.2 Å². The SMILES string of the molecule is Cc1cc(C(F)(F)F)nc2sc3c(c12)NC=NC3O. The van der Waals surface area contributed by atoms with Crippen LogP contribution in [0.15, 0.2) is 11.1 Å². The summed E-state index contributed by atoms with van der Waals surface area (Å²) in [6.45, 7) is 1.59. The van der Waals surface area contributed by atoms with Crippen LogP contribution in [0.2, 0.25) is 0 Å². The van der Waals surface area contributed by atoms with E-state index in [1.54, 1.807) is 6.92 Å². The number of anilines is 1. The molecule has 1 atom stereocenters. The lowest BCUT2D eigenvalue weighted by atomic mass is 10.1. The van der Waals surface area contributed by atoms with Gasteiger partial charge in [0.2, 0.25) is 0 Å². The van der Waals surface area contributed by atoms with Crippen molar-refractivity contribution in [2.75, 3.05) is 5.32 Å². The monoisotopic (exact) mass is 287 g/mol. The third kappa shape index (κ3) is 1.87. The molecule has 1 unspecified atom stereocenters. The maximum absolute atomic E-state index is 12.7. The Morgan fingerprint density at radius 2 is 2.16 bits per heavy atom. The first-order valence-electron chi connectivity index (χ1n) is 5.35. The minimum atomic E-state index is -4.48. The molecule has 1 aliphatic rings. The zero-order valence-electron chi connectivity index (χ0n) is 9.62. The van der Waals surface area contributed by atoms with Gasteiger partial charge in [0.15, 0.2) is 6.23 Å². The van der Waals surface area contributed by atoms with E-state index in [1.807, 2.05) is 0 Å². The molecule has 3 heterocycles. The second kappa shape index (κ2) is 3.91. The number of aliphatic hydroxyl groups is 1. The summed E-state index contributed by atoms with van der Waals surface area (Å²) in [4.78, 5) is 8.10. The molecule has 0 aliphatic carbocycles. The molecule has 0 bridgehead atoms. The molecule has 0 spiro atoms. The van der Waals surface area contributed by atoms with Crippen molar-refractivity contribution in [3.05, 3.63) is 22.2 Å². The quantitative estimate of drug-likeness (QED) is 0.783. The smallest absolute Gasteiger partial charge is 0.367 e. The lowest BCUT2D eigenvalue weighted by molar-refractivity contribution is -0.141. The van der Waals surface area contributed by atoms with Crippen LogP contribution < -0.4 is 5.32 Å². The molecule has 19 heavy (non-hydrogen) atoms. The minimum Gasteiger partial charge on any atom is -0.367 e. The van der Waals surface area contributed by atoms with Crippen LogP contribution in [0.5, 0.6) is 0 Å². The number of thiophene rings is 1. The number of alkyl halides is 3. The predicted molar refractivity (Wildman–Crippen MR) is 66.4 cm³/mol. The Kier molecular flexibility index (Phi) is 2.55. The third-order valence-corrected chi connectivity index (χ3v) is 3.96. The predicted octanol–water partition coefficient (Wildman–Crippen LogP) is 3.07. The van der Waals surface area contributed by atoms with Gasteiger partial charge >= 0.3 is 6.18 Å². The van der Waals surface area contributed by atoms with E-state index in [9.17, 15) is 18.3 Å². The van der Waals surface area contributed by atoms with Crippen molar-refractivity contribution in [2.24, 2.45) is 4.99 Å². The molecule has 3 rings (SSSR count). The second-order valence-corrected chi connectivity index (χ2v) is 5.17. The van der Waals surface area contributed by atoms with Crippen LogP contribution in [0.1, 0.15) is 22.4 Å². The summed E-state index contributed by atoms with van der Waals surface area (Å²) in [5.74, 6) is 0. The molecule has 0 saturated carbocycles. The first kappa shape index (κ1) is 12.4. The molecule has 1 aliphatic heterocycles. The summed E-state index contributed by atoms with van der Waals surface area (Å²) in [7, 11) is 0. The topological polar surface area (TPSA) is 57.5 Å². The number of nitrogens with one attached hydrogen (secondary N) is 1. The van der Waals surface area contributed by atoms with Crippen molar-refractivity contribution < 1.29 is 18.3 Å². The van der Waals surface area contributed by atoms with Crippen LogP contribution in [0.4, 0.5) is 18.9 Å². The van der Waals surface area contributed by atoms with Crippen molar-refractivity contribution in [2.45, 2.75) is 19.3 Å². The maximum atomic E-state index is 12.7. The van der Waals surface area contributed by atoms with Gasteiger partial charge in [0.1, 0.15) is 10.5 Å². The number of aliphatic hydroxyl groups excluding tert-OH is 1. The summed E-state index contributed by atoms with van der Waals surface area (Å²) in [6.07, 6.45) is -4.20. The van der Waals surface area contributed by atoms with Gasteiger partial charge in [-0.1, -0.05) is 0 Å². The maximum Gasteiger partial charge on any atom is 0.433 e. The average Bonchev–Trinajstić information content (AvgIpc) is 2.68. The van der Waals surface area contributed by atoms with Crippen LogP contribution in [-0.2, 0) is 6.18 Å². The van der Waals surface area contributed by atoms with Gasteiger partial charge in [0.25, 0.3) is 0 Å². The first-order valence-corrected chi connectivity index (χ1v) is 6.17. The molecule has 8 heteroatoms. The van der Waals surface area contributed by atoms with Gasteiger partial charge in [0.05, 0.1) is 16.9 Å². The normalized spacial score (nSPS) is 18.5. The van der Waals surface area contributed by atoms with E-state index >= 15 is 0 Å². The zero-order valence-corrected chi connectivity index (χ0v) is 10.4. The van der Waals surface area contributed by atoms with Gasteiger partial charge in [-0.3, -0.25) is 0 Å². The molecule has 4 nitrogen and oxygen atoms in total. The third-order valence-electron chi connectivity index (χ3n) is 2.84. The standard InChI is InChI=1S/C11H8F3N3OS/c1-4-2-5(11(12,13)14)17-10-6(4)7-8(19-10)9(18)16-3-15-7/h2-3,9,18H,1H3,(H,15,16). The number of halogens is 3. The summed E-state index contributed by atoms with van der Waals surface area (Å²) in [6, 6.07) is 1.01. The Morgan fingerprint density at radius 3 is 2.84 bits per heavy atom. The number of pyridine rings is 1. The summed E-state index contributed by atoms with van der Waals surface area (Å²) in [5, 5.41) is 13.2. The molecule has 100 valence electrons. The van der Waals surface area contributed by atoms with E-state index < -0.39 is 18.1 Å². The van der Waals surface area contributed by atoms with Gasteiger partial charge in [-0.05, 0) is 18.6 Å².